The first-order chi connectivity index (χ1) is 16.3. The molecule has 3 aliphatic carbocycles. The van der Waals surface area contributed by atoms with E-state index in [2.05, 4.69) is 63.4 Å². The fourth-order valence-corrected chi connectivity index (χ4v) is 4.27. The second-order valence-electron chi connectivity index (χ2n) is 8.49. The Bertz CT molecular complexity index is 1430. The van der Waals surface area contributed by atoms with Crippen molar-refractivity contribution in [3.05, 3.63) is 78.3 Å². The fourth-order valence-electron chi connectivity index (χ4n) is 4.27. The monoisotopic (exact) mass is 435 g/mol. The molecule has 6 nitrogen and oxygen atoms in total. The standard InChI is InChI=1S/C27H25N5O/c1-33-27-14-13-19(17-28-27)30-22-15-24-26(16-23(22)29-18-11-12-18)32(20-7-3-2-4-8-20)25-10-6-5-9-21(25)31-24/h2-3,5-7,9-10,13-18,30H,4,8,11-12H2,1H3/b29-23+. The Morgan fingerprint density at radius 1 is 1.12 bits per heavy atom. The summed E-state index contributed by atoms with van der Waals surface area (Å²) in [6.07, 6.45) is 12.7. The molecule has 6 rings (SSSR count). The number of pyridine rings is 1. The van der Waals surface area contributed by atoms with Crippen LogP contribution in [0.1, 0.15) is 25.7 Å². The summed E-state index contributed by atoms with van der Waals surface area (Å²) < 4.78 is 7.55. The zero-order valence-electron chi connectivity index (χ0n) is 18.5. The largest absolute Gasteiger partial charge is 0.481 e. The van der Waals surface area contributed by atoms with Gasteiger partial charge < -0.3 is 14.6 Å². The number of fused-ring (bicyclic) bond motifs is 2. The lowest BCUT2D eigenvalue weighted by atomic mass is 10.1. The summed E-state index contributed by atoms with van der Waals surface area (Å²) in [4.78, 5) is 14.4. The van der Waals surface area contributed by atoms with E-state index < -0.39 is 0 Å². The zero-order chi connectivity index (χ0) is 22.2. The molecule has 0 saturated heterocycles. The van der Waals surface area contributed by atoms with Crippen LogP contribution in [-0.2, 0) is 0 Å². The van der Waals surface area contributed by atoms with E-state index in [1.54, 1.807) is 13.3 Å². The van der Waals surface area contributed by atoms with Crippen molar-refractivity contribution in [2.75, 3.05) is 12.4 Å². The molecule has 1 aromatic carbocycles. The van der Waals surface area contributed by atoms with Crippen LogP contribution in [0.4, 0.5) is 11.4 Å². The molecule has 0 bridgehead atoms. The number of hydrogen-bond acceptors (Lipinski definition) is 5. The maximum atomic E-state index is 5.19. The van der Waals surface area contributed by atoms with E-state index in [0.29, 0.717) is 11.9 Å². The topological polar surface area (TPSA) is 64.3 Å². The number of hydrogen-bond donors (Lipinski definition) is 1. The van der Waals surface area contributed by atoms with Crippen LogP contribution in [0.25, 0.3) is 28.1 Å². The molecule has 0 radical (unpaired) electrons. The molecule has 2 aromatic rings. The van der Waals surface area contributed by atoms with E-state index in [-0.39, 0.29) is 0 Å². The number of rotatable bonds is 5. The van der Waals surface area contributed by atoms with Gasteiger partial charge in [-0.1, -0.05) is 24.3 Å². The van der Waals surface area contributed by atoms with Crippen LogP contribution in [0.3, 0.4) is 0 Å². The molecule has 0 atom stereocenters. The van der Waals surface area contributed by atoms with E-state index in [4.69, 9.17) is 14.7 Å². The molecule has 33 heavy (non-hydrogen) atoms. The molecule has 0 spiro atoms. The molecule has 2 heterocycles. The first kappa shape index (κ1) is 19.7. The Labute approximate surface area is 192 Å². The summed E-state index contributed by atoms with van der Waals surface area (Å²) in [6, 6.07) is 16.9. The fraction of sp³-hybridized carbons (Fsp3) is 0.222. The molecule has 1 aromatic heterocycles. The molecule has 1 aliphatic heterocycles. The molecular weight excluding hydrogens is 410 g/mol. The summed E-state index contributed by atoms with van der Waals surface area (Å²) in [7, 11) is 1.62. The average Bonchev–Trinajstić information content (AvgIpc) is 3.68. The molecule has 0 amide bonds. The minimum absolute atomic E-state index is 0.399. The second kappa shape index (κ2) is 8.20. The predicted octanol–water partition coefficient (Wildman–Crippen LogP) is 5.54. The summed E-state index contributed by atoms with van der Waals surface area (Å²) in [5, 5.41) is 4.47. The number of allylic oxidation sites excluding steroid dienone is 4. The van der Waals surface area contributed by atoms with Gasteiger partial charge in [-0.25, -0.2) is 9.97 Å². The lowest BCUT2D eigenvalue weighted by Gasteiger charge is -2.23. The van der Waals surface area contributed by atoms with Crippen LogP contribution in [0.5, 0.6) is 5.88 Å². The van der Waals surface area contributed by atoms with E-state index in [1.165, 1.54) is 5.70 Å². The van der Waals surface area contributed by atoms with Crippen LogP contribution in [-0.4, -0.2) is 27.7 Å². The third-order valence-corrected chi connectivity index (χ3v) is 6.07. The molecule has 6 heteroatoms. The van der Waals surface area contributed by atoms with Gasteiger partial charge in [-0.15, -0.1) is 0 Å². The van der Waals surface area contributed by atoms with Crippen molar-refractivity contribution in [3.63, 3.8) is 0 Å². The van der Waals surface area contributed by atoms with Gasteiger partial charge in [0.1, 0.15) is 0 Å². The van der Waals surface area contributed by atoms with Gasteiger partial charge in [0, 0.05) is 11.8 Å². The van der Waals surface area contributed by atoms with Crippen molar-refractivity contribution >= 4 is 28.1 Å². The predicted molar refractivity (Wildman–Crippen MR) is 132 cm³/mol. The number of anilines is 2. The van der Waals surface area contributed by atoms with Crippen LogP contribution >= 0.6 is 0 Å². The summed E-state index contributed by atoms with van der Waals surface area (Å²) in [6.45, 7) is 0. The van der Waals surface area contributed by atoms with Gasteiger partial charge in [0.2, 0.25) is 5.88 Å². The van der Waals surface area contributed by atoms with Crippen LogP contribution in [0.2, 0.25) is 0 Å². The van der Waals surface area contributed by atoms with Crippen molar-refractivity contribution in [1.29, 1.82) is 0 Å². The molecule has 0 unspecified atom stereocenters. The molecule has 1 fully saturated rings. The number of ether oxygens (including phenoxy) is 1. The summed E-state index contributed by atoms with van der Waals surface area (Å²) >= 11 is 0. The lowest BCUT2D eigenvalue weighted by molar-refractivity contribution is 0.398. The average molecular weight is 436 g/mol. The van der Waals surface area contributed by atoms with Crippen molar-refractivity contribution in [3.8, 4) is 17.3 Å². The molecule has 4 aliphatic rings. The number of nitrogens with one attached hydrogen (secondary N) is 1. The Kier molecular flexibility index (Phi) is 4.91. The number of para-hydroxylation sites is 2. The van der Waals surface area contributed by atoms with Crippen molar-refractivity contribution < 1.29 is 4.74 Å². The Morgan fingerprint density at radius 3 is 2.79 bits per heavy atom. The smallest absolute Gasteiger partial charge is 0.213 e. The highest BCUT2D eigenvalue weighted by molar-refractivity contribution is 5.86. The maximum Gasteiger partial charge on any atom is 0.213 e. The van der Waals surface area contributed by atoms with Gasteiger partial charge in [-0.3, -0.25) is 4.99 Å². The quantitative estimate of drug-likeness (QED) is 0.418. The van der Waals surface area contributed by atoms with Crippen LogP contribution in [0, 0.1) is 0 Å². The van der Waals surface area contributed by atoms with Gasteiger partial charge in [0.15, 0.2) is 0 Å². The number of aromatic nitrogens is 3. The molecule has 164 valence electrons. The van der Waals surface area contributed by atoms with E-state index in [0.717, 1.165) is 64.8 Å². The maximum absolute atomic E-state index is 5.19. The third kappa shape index (κ3) is 3.89. The second-order valence-corrected chi connectivity index (χ2v) is 8.49. The molecule has 1 saturated carbocycles. The highest BCUT2D eigenvalue weighted by Gasteiger charge is 2.22. The third-order valence-electron chi connectivity index (χ3n) is 6.07. The highest BCUT2D eigenvalue weighted by Crippen LogP contribution is 2.33. The lowest BCUT2D eigenvalue weighted by Crippen LogP contribution is -2.16. The van der Waals surface area contributed by atoms with Crippen LogP contribution < -0.4 is 15.4 Å². The van der Waals surface area contributed by atoms with Crippen molar-refractivity contribution in [1.82, 2.24) is 14.5 Å². The van der Waals surface area contributed by atoms with Gasteiger partial charge in [-0.2, -0.15) is 0 Å². The van der Waals surface area contributed by atoms with Crippen molar-refractivity contribution in [2.45, 2.75) is 31.7 Å². The first-order valence-electron chi connectivity index (χ1n) is 11.4. The Hall–Kier alpha value is -3.93. The van der Waals surface area contributed by atoms with Gasteiger partial charge in [-0.05, 0) is 62.1 Å². The summed E-state index contributed by atoms with van der Waals surface area (Å²) in [5.74, 6) is 0.589. The van der Waals surface area contributed by atoms with Crippen molar-refractivity contribution in [2.24, 2.45) is 4.99 Å². The van der Waals surface area contributed by atoms with E-state index in [1.807, 2.05) is 18.2 Å². The molecular formula is C27H25N5O. The van der Waals surface area contributed by atoms with Gasteiger partial charge in [0.05, 0.1) is 58.5 Å². The number of benzene rings is 2. The minimum atomic E-state index is 0.399. The normalized spacial score (nSPS) is 16.3. The van der Waals surface area contributed by atoms with E-state index in [9.17, 15) is 0 Å². The SMILES string of the molecule is COc1ccc(Nc2cc3nc4ccccc4n(C4=CC=CCC4)c-3c/c2=N\C2CC2)cn1. The molecule has 1 N–H and O–H groups in total. The number of nitrogens with zero attached hydrogens (tertiary/aromatic N) is 4. The van der Waals surface area contributed by atoms with Gasteiger partial charge in [0.25, 0.3) is 0 Å². The van der Waals surface area contributed by atoms with E-state index >= 15 is 0 Å². The zero-order valence-corrected chi connectivity index (χ0v) is 18.5. The first-order valence-corrected chi connectivity index (χ1v) is 11.4. The minimum Gasteiger partial charge on any atom is -0.481 e. The van der Waals surface area contributed by atoms with Gasteiger partial charge >= 0.3 is 0 Å². The Morgan fingerprint density at radius 2 is 2.03 bits per heavy atom. The Balaban J connectivity index is 1.57. The highest BCUT2D eigenvalue weighted by atomic mass is 16.5. The summed E-state index contributed by atoms with van der Waals surface area (Å²) in [5.41, 5.74) is 7.20. The number of methoxy groups -OCH3 is 1. The van der Waals surface area contributed by atoms with Crippen LogP contribution in [0.15, 0.2) is 77.9 Å².